The van der Waals surface area contributed by atoms with Crippen molar-refractivity contribution in [2.45, 2.75) is 79.6 Å². The first-order chi connectivity index (χ1) is 7.11. The average molecular weight is 212 g/mol. The van der Waals surface area contributed by atoms with Crippen molar-refractivity contribution in [2.24, 2.45) is 17.8 Å². The standard InChI is InChI=1S/C15H32/c1-6-8-9-10-11-13(3)12-15(5)14(4)7-2/h13-15H,6-12H2,1-5H3. The van der Waals surface area contributed by atoms with Gasteiger partial charge in [0.05, 0.1) is 0 Å². The molecule has 0 radical (unpaired) electrons. The molecule has 0 bridgehead atoms. The van der Waals surface area contributed by atoms with Gasteiger partial charge in [0.15, 0.2) is 0 Å². The quantitative estimate of drug-likeness (QED) is 0.432. The second-order valence-electron chi connectivity index (χ2n) is 5.55. The lowest BCUT2D eigenvalue weighted by Gasteiger charge is -2.22. The van der Waals surface area contributed by atoms with Gasteiger partial charge in [-0.3, -0.25) is 0 Å². The summed E-state index contributed by atoms with van der Waals surface area (Å²) in [7, 11) is 0. The number of rotatable bonds is 9. The molecule has 0 aromatic carbocycles. The van der Waals surface area contributed by atoms with E-state index >= 15 is 0 Å². The largest absolute Gasteiger partial charge is 0.0654 e. The molecule has 0 aromatic heterocycles. The molecule has 3 unspecified atom stereocenters. The van der Waals surface area contributed by atoms with Gasteiger partial charge in [-0.15, -0.1) is 0 Å². The Balaban J connectivity index is 3.50. The van der Waals surface area contributed by atoms with Gasteiger partial charge >= 0.3 is 0 Å². The van der Waals surface area contributed by atoms with E-state index in [-0.39, 0.29) is 0 Å². The summed E-state index contributed by atoms with van der Waals surface area (Å²) in [5.74, 6) is 2.75. The van der Waals surface area contributed by atoms with Crippen LogP contribution < -0.4 is 0 Å². The molecular formula is C15H32. The zero-order valence-corrected chi connectivity index (χ0v) is 11.7. The monoisotopic (exact) mass is 212 g/mol. The van der Waals surface area contributed by atoms with E-state index in [4.69, 9.17) is 0 Å². The van der Waals surface area contributed by atoms with Crippen LogP contribution in [0.25, 0.3) is 0 Å². The summed E-state index contributed by atoms with van der Waals surface area (Å²) < 4.78 is 0. The molecule has 0 amide bonds. The fraction of sp³-hybridized carbons (Fsp3) is 1.00. The van der Waals surface area contributed by atoms with Crippen LogP contribution in [0, 0.1) is 17.8 Å². The second-order valence-corrected chi connectivity index (χ2v) is 5.55. The van der Waals surface area contributed by atoms with Gasteiger partial charge in [0.1, 0.15) is 0 Å². The fourth-order valence-corrected chi connectivity index (χ4v) is 2.31. The van der Waals surface area contributed by atoms with Crippen LogP contribution in [0.2, 0.25) is 0 Å². The third kappa shape index (κ3) is 7.88. The van der Waals surface area contributed by atoms with Gasteiger partial charge in [-0.2, -0.15) is 0 Å². The van der Waals surface area contributed by atoms with Crippen molar-refractivity contribution in [3.63, 3.8) is 0 Å². The molecule has 3 atom stereocenters. The highest BCUT2D eigenvalue weighted by molar-refractivity contribution is 4.64. The lowest BCUT2D eigenvalue weighted by Crippen LogP contribution is -2.11. The van der Waals surface area contributed by atoms with Crippen LogP contribution in [-0.4, -0.2) is 0 Å². The van der Waals surface area contributed by atoms with Crippen molar-refractivity contribution in [1.29, 1.82) is 0 Å². The molecule has 0 saturated heterocycles. The van der Waals surface area contributed by atoms with Crippen molar-refractivity contribution in [1.82, 2.24) is 0 Å². The molecule has 0 aliphatic heterocycles. The van der Waals surface area contributed by atoms with E-state index in [0.29, 0.717) is 0 Å². The molecule has 0 aliphatic rings. The molecule has 0 rings (SSSR count). The molecule has 0 aliphatic carbocycles. The predicted octanol–water partition coefficient (Wildman–Crippen LogP) is 5.67. The Morgan fingerprint density at radius 3 is 2.00 bits per heavy atom. The molecule has 0 aromatic rings. The van der Waals surface area contributed by atoms with E-state index in [9.17, 15) is 0 Å². The van der Waals surface area contributed by atoms with Gasteiger partial charge in [0.2, 0.25) is 0 Å². The molecule has 0 spiro atoms. The lowest BCUT2D eigenvalue weighted by molar-refractivity contribution is 0.294. The van der Waals surface area contributed by atoms with Gasteiger partial charge in [0.25, 0.3) is 0 Å². The van der Waals surface area contributed by atoms with Crippen molar-refractivity contribution in [2.75, 3.05) is 0 Å². The van der Waals surface area contributed by atoms with Crippen molar-refractivity contribution >= 4 is 0 Å². The molecule has 0 nitrogen and oxygen atoms in total. The molecule has 92 valence electrons. The van der Waals surface area contributed by atoms with Gasteiger partial charge in [-0.25, -0.2) is 0 Å². The van der Waals surface area contributed by atoms with E-state index < -0.39 is 0 Å². The van der Waals surface area contributed by atoms with E-state index in [1.807, 2.05) is 0 Å². The minimum absolute atomic E-state index is 0.906. The summed E-state index contributed by atoms with van der Waals surface area (Å²) in [6.07, 6.45) is 9.89. The minimum Gasteiger partial charge on any atom is -0.0654 e. The normalized spacial score (nSPS) is 17.4. The SMILES string of the molecule is CCCCCCC(C)CC(C)C(C)CC. The summed E-state index contributed by atoms with van der Waals surface area (Å²) in [5.41, 5.74) is 0. The second kappa shape index (κ2) is 9.24. The van der Waals surface area contributed by atoms with E-state index in [0.717, 1.165) is 17.8 Å². The third-order valence-electron chi connectivity index (χ3n) is 3.94. The maximum absolute atomic E-state index is 2.44. The predicted molar refractivity (Wildman–Crippen MR) is 71.2 cm³/mol. The summed E-state index contributed by atoms with van der Waals surface area (Å²) in [5, 5.41) is 0. The zero-order chi connectivity index (χ0) is 11.7. The Bertz CT molecular complexity index is 128. The van der Waals surface area contributed by atoms with Crippen LogP contribution in [0.4, 0.5) is 0 Å². The Hall–Kier alpha value is 0. The van der Waals surface area contributed by atoms with E-state index in [2.05, 4.69) is 34.6 Å². The number of unbranched alkanes of at least 4 members (excludes halogenated alkanes) is 3. The van der Waals surface area contributed by atoms with Crippen LogP contribution >= 0.6 is 0 Å². The fourth-order valence-electron chi connectivity index (χ4n) is 2.31. The molecule has 0 heteroatoms. The number of hydrogen-bond donors (Lipinski definition) is 0. The number of hydrogen-bond acceptors (Lipinski definition) is 0. The Kier molecular flexibility index (Phi) is 9.24. The van der Waals surface area contributed by atoms with Crippen LogP contribution in [0.15, 0.2) is 0 Å². The van der Waals surface area contributed by atoms with Crippen LogP contribution in [-0.2, 0) is 0 Å². The average Bonchev–Trinajstić information content (AvgIpc) is 2.23. The van der Waals surface area contributed by atoms with Crippen molar-refractivity contribution < 1.29 is 0 Å². The van der Waals surface area contributed by atoms with Gasteiger partial charge in [-0.05, 0) is 24.2 Å². The van der Waals surface area contributed by atoms with Crippen molar-refractivity contribution in [3.05, 3.63) is 0 Å². The highest BCUT2D eigenvalue weighted by atomic mass is 14.2. The lowest BCUT2D eigenvalue weighted by atomic mass is 9.84. The minimum atomic E-state index is 0.906. The van der Waals surface area contributed by atoms with Crippen molar-refractivity contribution in [3.8, 4) is 0 Å². The first-order valence-corrected chi connectivity index (χ1v) is 7.11. The molecule has 0 saturated carbocycles. The summed E-state index contributed by atoms with van der Waals surface area (Å²) in [6.45, 7) is 11.9. The summed E-state index contributed by atoms with van der Waals surface area (Å²) >= 11 is 0. The van der Waals surface area contributed by atoms with Gasteiger partial charge in [-0.1, -0.05) is 73.1 Å². The van der Waals surface area contributed by atoms with Crippen LogP contribution in [0.1, 0.15) is 79.6 Å². The molecular weight excluding hydrogens is 180 g/mol. The van der Waals surface area contributed by atoms with E-state index in [1.54, 1.807) is 0 Å². The van der Waals surface area contributed by atoms with Gasteiger partial charge < -0.3 is 0 Å². The molecule has 15 heavy (non-hydrogen) atoms. The maximum Gasteiger partial charge on any atom is -0.0415 e. The Morgan fingerprint density at radius 2 is 1.47 bits per heavy atom. The Labute approximate surface area is 97.8 Å². The molecule has 0 N–H and O–H groups in total. The zero-order valence-electron chi connectivity index (χ0n) is 11.7. The smallest absolute Gasteiger partial charge is 0.0415 e. The molecule has 0 heterocycles. The highest BCUT2D eigenvalue weighted by Crippen LogP contribution is 2.25. The highest BCUT2D eigenvalue weighted by Gasteiger charge is 2.13. The summed E-state index contributed by atoms with van der Waals surface area (Å²) in [6, 6.07) is 0. The molecule has 0 fully saturated rings. The third-order valence-corrected chi connectivity index (χ3v) is 3.94. The van der Waals surface area contributed by atoms with E-state index in [1.165, 1.54) is 44.9 Å². The van der Waals surface area contributed by atoms with Gasteiger partial charge in [0, 0.05) is 0 Å². The van der Waals surface area contributed by atoms with Crippen LogP contribution in [0.5, 0.6) is 0 Å². The first-order valence-electron chi connectivity index (χ1n) is 7.11. The Morgan fingerprint density at radius 1 is 0.800 bits per heavy atom. The first kappa shape index (κ1) is 15.0. The van der Waals surface area contributed by atoms with Crippen LogP contribution in [0.3, 0.4) is 0 Å². The summed E-state index contributed by atoms with van der Waals surface area (Å²) in [4.78, 5) is 0. The topological polar surface area (TPSA) is 0 Å². The maximum atomic E-state index is 2.44.